The van der Waals surface area contributed by atoms with E-state index in [9.17, 15) is 14.4 Å². The molecule has 12 heteroatoms. The van der Waals surface area contributed by atoms with Crippen LogP contribution in [0.2, 0.25) is 0 Å². The number of thiophene rings is 1. The number of benzene rings is 1. The van der Waals surface area contributed by atoms with Gasteiger partial charge >= 0.3 is 6.03 Å². The fraction of sp³-hybridized carbons (Fsp3) is 0.273. The molecule has 4 N–H and O–H groups in total. The van der Waals surface area contributed by atoms with Crippen LogP contribution in [0.5, 0.6) is 0 Å². The number of morpholine rings is 1. The number of aromatic nitrogens is 2. The number of hydrogen-bond acceptors (Lipinski definition) is 8. The van der Waals surface area contributed by atoms with E-state index in [2.05, 4.69) is 26.4 Å². The van der Waals surface area contributed by atoms with Crippen LogP contribution in [0.25, 0.3) is 21.8 Å². The van der Waals surface area contributed by atoms with Gasteiger partial charge in [-0.2, -0.15) is 5.10 Å². The first kappa shape index (κ1) is 22.2. The number of carbonyl (C=O) groups is 3. The molecule has 3 amide bonds. The van der Waals surface area contributed by atoms with Crippen molar-refractivity contribution in [3.8, 4) is 21.8 Å². The summed E-state index contributed by atoms with van der Waals surface area (Å²) in [6.45, 7) is 2.28. The van der Waals surface area contributed by atoms with E-state index >= 15 is 0 Å². The summed E-state index contributed by atoms with van der Waals surface area (Å²) in [4.78, 5) is 39.5. The number of H-pyrrole nitrogens is 1. The van der Waals surface area contributed by atoms with Crippen LogP contribution in [-0.2, 0) is 4.74 Å². The van der Waals surface area contributed by atoms with Crippen LogP contribution in [-0.4, -0.2) is 78.3 Å². The predicted octanol–water partition coefficient (Wildman–Crippen LogP) is 1.92. The lowest BCUT2D eigenvalue weighted by Gasteiger charge is -2.27. The molecule has 3 heterocycles. The first-order valence-electron chi connectivity index (χ1n) is 10.7. The van der Waals surface area contributed by atoms with Gasteiger partial charge in [0.15, 0.2) is 5.78 Å². The normalized spacial score (nSPS) is 15.2. The summed E-state index contributed by atoms with van der Waals surface area (Å²) in [7, 11) is 3.46. The van der Waals surface area contributed by atoms with E-state index in [4.69, 9.17) is 4.74 Å². The van der Waals surface area contributed by atoms with Gasteiger partial charge in [0.1, 0.15) is 5.69 Å². The molecule has 34 heavy (non-hydrogen) atoms. The minimum Gasteiger partial charge on any atom is -0.379 e. The lowest BCUT2D eigenvalue weighted by Crippen LogP contribution is -2.49. The number of fused-ring (bicyclic) bond motifs is 3. The van der Waals surface area contributed by atoms with Gasteiger partial charge < -0.3 is 10.1 Å². The Kier molecular flexibility index (Phi) is 5.87. The molecule has 1 aliphatic heterocycles. The average molecular weight is 482 g/mol. The van der Waals surface area contributed by atoms with Crippen LogP contribution in [0.4, 0.5) is 10.5 Å². The summed E-state index contributed by atoms with van der Waals surface area (Å²) in [6.07, 6.45) is 0. The number of nitrogens with one attached hydrogen (secondary N) is 4. The van der Waals surface area contributed by atoms with E-state index < -0.39 is 6.03 Å². The fourth-order valence-electron chi connectivity index (χ4n) is 3.99. The average Bonchev–Trinajstić information content (AvgIpc) is 3.51. The van der Waals surface area contributed by atoms with Gasteiger partial charge in [0.2, 0.25) is 0 Å². The summed E-state index contributed by atoms with van der Waals surface area (Å²) in [5.74, 6) is -0.468. The van der Waals surface area contributed by atoms with E-state index in [0.29, 0.717) is 69.8 Å². The monoisotopic (exact) mass is 481 g/mol. The van der Waals surface area contributed by atoms with Gasteiger partial charge in [0.25, 0.3) is 5.91 Å². The molecule has 3 aromatic rings. The third-order valence-electron chi connectivity index (χ3n) is 5.46. The van der Waals surface area contributed by atoms with E-state index in [1.54, 1.807) is 48.4 Å². The molecule has 0 bridgehead atoms. The van der Waals surface area contributed by atoms with Crippen LogP contribution in [0.1, 0.15) is 25.6 Å². The topological polar surface area (TPSA) is 132 Å². The van der Waals surface area contributed by atoms with E-state index in [1.807, 2.05) is 6.07 Å². The first-order valence-corrected chi connectivity index (χ1v) is 11.5. The van der Waals surface area contributed by atoms with Gasteiger partial charge in [-0.15, -0.1) is 11.3 Å². The highest BCUT2D eigenvalue weighted by Gasteiger charge is 2.35. The lowest BCUT2D eigenvalue weighted by molar-refractivity contribution is 0.0207. The maximum atomic E-state index is 13.5. The van der Waals surface area contributed by atoms with Crippen molar-refractivity contribution in [1.29, 1.82) is 0 Å². The molecule has 1 fully saturated rings. The Morgan fingerprint density at radius 2 is 1.94 bits per heavy atom. The molecule has 0 radical (unpaired) electrons. The number of ketones is 1. The molecule has 0 atom stereocenters. The van der Waals surface area contributed by atoms with Crippen molar-refractivity contribution in [1.82, 2.24) is 31.1 Å². The molecule has 0 saturated carbocycles. The van der Waals surface area contributed by atoms with Crippen LogP contribution in [0.3, 0.4) is 0 Å². The maximum Gasteiger partial charge on any atom is 0.333 e. The Hall–Kier alpha value is -3.58. The van der Waals surface area contributed by atoms with Crippen molar-refractivity contribution in [2.45, 2.75) is 0 Å². The van der Waals surface area contributed by atoms with Crippen molar-refractivity contribution < 1.29 is 19.1 Å². The Labute approximate surface area is 199 Å². The van der Waals surface area contributed by atoms with Crippen molar-refractivity contribution in [3.05, 3.63) is 46.3 Å². The molecule has 11 nitrogen and oxygen atoms in total. The third kappa shape index (κ3) is 4.07. The van der Waals surface area contributed by atoms with Crippen molar-refractivity contribution >= 4 is 34.7 Å². The second kappa shape index (κ2) is 8.99. The predicted molar refractivity (Wildman–Crippen MR) is 126 cm³/mol. The van der Waals surface area contributed by atoms with E-state index in [0.717, 1.165) is 0 Å². The van der Waals surface area contributed by atoms with Crippen molar-refractivity contribution in [3.63, 3.8) is 0 Å². The Bertz CT molecular complexity index is 1280. The molecule has 5 rings (SSSR count). The van der Waals surface area contributed by atoms with Gasteiger partial charge in [-0.3, -0.25) is 25.5 Å². The summed E-state index contributed by atoms with van der Waals surface area (Å²) in [6, 6.07) is 8.35. The summed E-state index contributed by atoms with van der Waals surface area (Å²) < 4.78 is 5.29. The van der Waals surface area contributed by atoms with Crippen LogP contribution >= 0.6 is 11.3 Å². The van der Waals surface area contributed by atoms with E-state index in [-0.39, 0.29) is 11.7 Å². The number of hydrogen-bond donors (Lipinski definition) is 4. The minimum atomic E-state index is -0.424. The SMILES string of the molecule is CN(C)NC(=O)c1ccc(-c2n[nH]c3c2C(=O)c2c(NC(=O)NN4CCOCC4)cccc2-3)s1. The van der Waals surface area contributed by atoms with Gasteiger partial charge in [-0.25, -0.2) is 14.8 Å². The highest BCUT2D eigenvalue weighted by atomic mass is 32.1. The number of aromatic amines is 1. The number of nitrogens with zero attached hydrogens (tertiary/aromatic N) is 3. The number of ether oxygens (including phenoxy) is 1. The maximum absolute atomic E-state index is 13.5. The lowest BCUT2D eigenvalue weighted by atomic mass is 10.1. The van der Waals surface area contributed by atoms with E-state index in [1.165, 1.54) is 11.3 Å². The molecular formula is C22H23N7O4S. The molecule has 176 valence electrons. The highest BCUT2D eigenvalue weighted by molar-refractivity contribution is 7.17. The molecule has 0 unspecified atom stereocenters. The molecule has 1 aliphatic carbocycles. The number of amides is 3. The largest absolute Gasteiger partial charge is 0.379 e. The van der Waals surface area contributed by atoms with Crippen molar-refractivity contribution in [2.24, 2.45) is 0 Å². The van der Waals surface area contributed by atoms with Gasteiger partial charge in [0, 0.05) is 32.7 Å². The molecule has 0 spiro atoms. The molecule has 2 aliphatic rings. The first-order chi connectivity index (χ1) is 16.4. The second-order valence-corrected chi connectivity index (χ2v) is 9.13. The third-order valence-corrected chi connectivity index (χ3v) is 6.55. The molecule has 1 aromatic carbocycles. The van der Waals surface area contributed by atoms with Gasteiger partial charge in [0.05, 0.1) is 45.5 Å². The summed E-state index contributed by atoms with van der Waals surface area (Å²) in [5, 5.41) is 13.5. The summed E-state index contributed by atoms with van der Waals surface area (Å²) >= 11 is 1.25. The quantitative estimate of drug-likeness (QED) is 0.320. The van der Waals surface area contributed by atoms with Gasteiger partial charge in [-0.1, -0.05) is 12.1 Å². The zero-order valence-electron chi connectivity index (χ0n) is 18.6. The van der Waals surface area contributed by atoms with Crippen LogP contribution in [0, 0.1) is 0 Å². The Balaban J connectivity index is 1.40. The zero-order valence-corrected chi connectivity index (χ0v) is 19.4. The smallest absolute Gasteiger partial charge is 0.333 e. The highest BCUT2D eigenvalue weighted by Crippen LogP contribution is 2.44. The number of urea groups is 1. The van der Waals surface area contributed by atoms with Crippen LogP contribution in [0.15, 0.2) is 30.3 Å². The fourth-order valence-corrected chi connectivity index (χ4v) is 4.88. The number of carbonyl (C=O) groups excluding carboxylic acids is 3. The zero-order chi connectivity index (χ0) is 23.8. The van der Waals surface area contributed by atoms with Crippen molar-refractivity contribution in [2.75, 3.05) is 45.7 Å². The number of anilines is 1. The molecular weight excluding hydrogens is 458 g/mol. The van der Waals surface area contributed by atoms with Gasteiger partial charge in [-0.05, 0) is 18.2 Å². The van der Waals surface area contributed by atoms with Crippen LogP contribution < -0.4 is 16.2 Å². The Morgan fingerprint density at radius 1 is 1.15 bits per heavy atom. The standard InChI is InChI=1S/C22H23N7O4S/c1-28(2)26-21(31)15-7-6-14(34-15)19-17-18(24-25-19)12-4-3-5-13(16(12)20(17)30)23-22(32)27-29-8-10-33-11-9-29/h3-7H,8-11H2,1-2H3,(H,24,25)(H,26,31)(H2,23,27,32). The number of rotatable bonds is 5. The molecule has 2 aromatic heterocycles. The minimum absolute atomic E-state index is 0.233. The molecule has 1 saturated heterocycles. The second-order valence-electron chi connectivity index (χ2n) is 8.04. The Morgan fingerprint density at radius 3 is 2.71 bits per heavy atom. The summed E-state index contributed by atoms with van der Waals surface area (Å²) in [5.41, 5.74) is 8.49. The number of hydrazine groups is 2.